The Morgan fingerprint density at radius 2 is 1.79 bits per heavy atom. The Morgan fingerprint density at radius 1 is 1.21 bits per heavy atom. The highest BCUT2D eigenvalue weighted by Crippen LogP contribution is 2.48. The second kappa shape index (κ2) is 7.14. The zero-order chi connectivity index (χ0) is 18.1. The quantitative estimate of drug-likeness (QED) is 0.689. The van der Waals surface area contributed by atoms with E-state index < -0.39 is 23.6 Å². The topological polar surface area (TPSA) is 60.7 Å². The van der Waals surface area contributed by atoms with Crippen LogP contribution < -0.4 is 0 Å². The van der Waals surface area contributed by atoms with Gasteiger partial charge in [0.15, 0.2) is 0 Å². The maximum Gasteiger partial charge on any atom is 0.123 e. The Morgan fingerprint density at radius 3 is 2.29 bits per heavy atom. The number of phenols is 2. The fraction of sp³-hybridized carbons (Fsp3) is 0.600. The molecule has 0 fully saturated rings. The lowest BCUT2D eigenvalue weighted by atomic mass is 9.69. The van der Waals surface area contributed by atoms with Crippen LogP contribution in [0.2, 0.25) is 0 Å². The number of aliphatic hydroxyl groups is 1. The average molecular weight is 336 g/mol. The van der Waals surface area contributed by atoms with Gasteiger partial charge in [0.2, 0.25) is 0 Å². The first-order valence-corrected chi connectivity index (χ1v) is 8.74. The molecule has 1 aliphatic rings. The van der Waals surface area contributed by atoms with Gasteiger partial charge in [0.05, 0.1) is 5.60 Å². The number of benzene rings is 1. The highest BCUT2D eigenvalue weighted by Gasteiger charge is 2.41. The van der Waals surface area contributed by atoms with Crippen LogP contribution in [0, 0.1) is 5.92 Å². The molecule has 3 N–H and O–H groups in total. The van der Waals surface area contributed by atoms with Gasteiger partial charge in [-0.15, -0.1) is 0 Å². The number of hydrogen-bond acceptors (Lipinski definition) is 3. The molecule has 0 bridgehead atoms. The molecule has 134 valence electrons. The van der Waals surface area contributed by atoms with Crippen LogP contribution in [0.3, 0.4) is 0 Å². The number of aromatic hydroxyl groups is 2. The molecule has 0 amide bonds. The van der Waals surface area contributed by atoms with Gasteiger partial charge in [-0.25, -0.2) is 4.39 Å². The van der Waals surface area contributed by atoms with Crippen molar-refractivity contribution >= 4 is 0 Å². The number of rotatable bonds is 5. The molecule has 3 atom stereocenters. The summed E-state index contributed by atoms with van der Waals surface area (Å²) in [6, 6.07) is 3.35. The van der Waals surface area contributed by atoms with Crippen molar-refractivity contribution in [3.05, 3.63) is 34.9 Å². The summed E-state index contributed by atoms with van der Waals surface area (Å²) in [5, 5.41) is 31.5. The fourth-order valence-corrected chi connectivity index (χ4v) is 3.62. The van der Waals surface area contributed by atoms with Gasteiger partial charge in [0.25, 0.3) is 0 Å². The smallest absolute Gasteiger partial charge is 0.123 e. The van der Waals surface area contributed by atoms with Gasteiger partial charge in [0.1, 0.15) is 17.7 Å². The number of allylic oxidation sites excluding steroid dienone is 2. The molecular weight excluding hydrogens is 307 g/mol. The van der Waals surface area contributed by atoms with E-state index in [9.17, 15) is 19.7 Å². The van der Waals surface area contributed by atoms with E-state index in [0.29, 0.717) is 11.1 Å². The monoisotopic (exact) mass is 336 g/mol. The molecule has 0 heterocycles. The molecule has 2 rings (SSSR count). The van der Waals surface area contributed by atoms with E-state index >= 15 is 0 Å². The van der Waals surface area contributed by atoms with Crippen LogP contribution in [0.1, 0.15) is 64.0 Å². The summed E-state index contributed by atoms with van der Waals surface area (Å²) in [5.41, 5.74) is 0.727. The molecule has 3 nitrogen and oxygen atoms in total. The summed E-state index contributed by atoms with van der Waals surface area (Å²) in [7, 11) is 0. The molecule has 0 saturated carbocycles. The second-order valence-electron chi connectivity index (χ2n) is 7.55. The summed E-state index contributed by atoms with van der Waals surface area (Å²) in [6.07, 6.45) is 3.61. The molecule has 0 radical (unpaired) electrons. The minimum atomic E-state index is -1.12. The molecule has 3 unspecified atom stereocenters. The Labute approximate surface area is 143 Å². The molecule has 0 aromatic heterocycles. The van der Waals surface area contributed by atoms with E-state index in [1.807, 2.05) is 0 Å². The molecule has 0 spiro atoms. The van der Waals surface area contributed by atoms with Crippen molar-refractivity contribution in [1.82, 2.24) is 0 Å². The van der Waals surface area contributed by atoms with Crippen molar-refractivity contribution in [2.75, 3.05) is 0 Å². The van der Waals surface area contributed by atoms with Crippen LogP contribution in [-0.2, 0) is 6.42 Å². The Hall–Kier alpha value is -1.55. The molecule has 1 aromatic rings. The van der Waals surface area contributed by atoms with E-state index in [1.54, 1.807) is 39.0 Å². The number of hydrogen-bond donors (Lipinski definition) is 3. The largest absolute Gasteiger partial charge is 0.507 e. The minimum Gasteiger partial charge on any atom is -0.507 e. The number of phenolic OH excluding ortho intramolecular Hbond substituents is 2. The van der Waals surface area contributed by atoms with Crippen LogP contribution >= 0.6 is 0 Å². The summed E-state index contributed by atoms with van der Waals surface area (Å²) in [4.78, 5) is 0. The van der Waals surface area contributed by atoms with Crippen LogP contribution in [0.15, 0.2) is 23.8 Å². The molecule has 4 heteroatoms. The number of unbranched alkanes of at least 4 members (excludes halogenated alkanes) is 1. The van der Waals surface area contributed by atoms with Crippen LogP contribution in [0.5, 0.6) is 11.5 Å². The minimum absolute atomic E-state index is 0.0155. The first kappa shape index (κ1) is 18.8. The number of alkyl halides is 1. The van der Waals surface area contributed by atoms with E-state index in [0.717, 1.165) is 24.8 Å². The Balaban J connectivity index is 2.47. The number of halogens is 1. The fourth-order valence-electron chi connectivity index (χ4n) is 3.62. The highest BCUT2D eigenvalue weighted by atomic mass is 19.1. The van der Waals surface area contributed by atoms with Crippen LogP contribution in [-0.4, -0.2) is 27.1 Å². The third-order valence-electron chi connectivity index (χ3n) is 5.09. The first-order valence-electron chi connectivity index (χ1n) is 8.74. The molecule has 0 saturated heterocycles. The third-order valence-corrected chi connectivity index (χ3v) is 5.09. The normalized spacial score (nSPS) is 24.8. The van der Waals surface area contributed by atoms with E-state index in [-0.39, 0.29) is 17.9 Å². The lowest BCUT2D eigenvalue weighted by Gasteiger charge is -2.39. The summed E-state index contributed by atoms with van der Waals surface area (Å²) < 4.78 is 14.1. The maximum atomic E-state index is 14.1. The van der Waals surface area contributed by atoms with Crippen molar-refractivity contribution in [3.63, 3.8) is 0 Å². The van der Waals surface area contributed by atoms with Gasteiger partial charge in [-0.05, 0) is 63.3 Å². The molecule has 1 aliphatic carbocycles. The zero-order valence-corrected chi connectivity index (χ0v) is 15.0. The maximum absolute atomic E-state index is 14.1. The predicted octanol–water partition coefficient (Wildman–Crippen LogP) is 4.60. The Kier molecular flexibility index (Phi) is 5.59. The van der Waals surface area contributed by atoms with Crippen LogP contribution in [0.4, 0.5) is 4.39 Å². The standard InChI is InChI=1S/C20H29FO3/c1-5-6-7-13-9-17(22)19(18(23)10-13)14-8-12(2)16(21)11-15(14)20(3,4)24/h8-10,14-16,22-24H,5-7,11H2,1-4H3. The van der Waals surface area contributed by atoms with Crippen molar-refractivity contribution in [2.45, 2.75) is 71.1 Å². The lowest BCUT2D eigenvalue weighted by molar-refractivity contribution is -0.00508. The second-order valence-corrected chi connectivity index (χ2v) is 7.55. The van der Waals surface area contributed by atoms with E-state index in [2.05, 4.69) is 6.92 Å². The van der Waals surface area contributed by atoms with E-state index in [4.69, 9.17) is 0 Å². The van der Waals surface area contributed by atoms with Crippen molar-refractivity contribution in [3.8, 4) is 11.5 Å². The summed E-state index contributed by atoms with van der Waals surface area (Å²) >= 11 is 0. The average Bonchev–Trinajstić information content (AvgIpc) is 2.46. The lowest BCUT2D eigenvalue weighted by Crippen LogP contribution is -2.39. The molecule has 1 aromatic carbocycles. The zero-order valence-electron chi connectivity index (χ0n) is 15.0. The summed E-state index contributed by atoms with van der Waals surface area (Å²) in [6.45, 7) is 7.10. The van der Waals surface area contributed by atoms with Gasteiger partial charge in [-0.3, -0.25) is 0 Å². The highest BCUT2D eigenvalue weighted by molar-refractivity contribution is 5.51. The molecule has 0 aliphatic heterocycles. The van der Waals surface area contributed by atoms with Gasteiger partial charge in [-0.2, -0.15) is 0 Å². The van der Waals surface area contributed by atoms with Crippen LogP contribution in [0.25, 0.3) is 0 Å². The first-order chi connectivity index (χ1) is 11.1. The van der Waals surface area contributed by atoms with Gasteiger partial charge in [-0.1, -0.05) is 19.4 Å². The van der Waals surface area contributed by atoms with Gasteiger partial charge < -0.3 is 15.3 Å². The van der Waals surface area contributed by atoms with Gasteiger partial charge in [0, 0.05) is 17.4 Å². The molecule has 24 heavy (non-hydrogen) atoms. The third kappa shape index (κ3) is 3.92. The Bertz CT molecular complexity index is 593. The van der Waals surface area contributed by atoms with Crippen molar-refractivity contribution in [2.24, 2.45) is 5.92 Å². The predicted molar refractivity (Wildman–Crippen MR) is 94.2 cm³/mol. The molecular formula is C20H29FO3. The van der Waals surface area contributed by atoms with Gasteiger partial charge >= 0.3 is 0 Å². The van der Waals surface area contributed by atoms with Crippen molar-refractivity contribution < 1.29 is 19.7 Å². The number of aryl methyl sites for hydroxylation is 1. The SMILES string of the molecule is CCCCc1cc(O)c(C2C=C(C)C(F)CC2C(C)(C)O)c(O)c1. The summed E-state index contributed by atoms with van der Waals surface area (Å²) in [5.74, 6) is -0.810. The van der Waals surface area contributed by atoms with Crippen molar-refractivity contribution in [1.29, 1.82) is 0 Å². The van der Waals surface area contributed by atoms with E-state index in [1.165, 1.54) is 0 Å².